The van der Waals surface area contributed by atoms with Crippen LogP contribution in [0.4, 0.5) is 4.79 Å². The average molecular weight is 314 g/mol. The summed E-state index contributed by atoms with van der Waals surface area (Å²) < 4.78 is -1.88. The van der Waals surface area contributed by atoms with Crippen LogP contribution in [0, 0.1) is 10.8 Å². The Morgan fingerprint density at radius 3 is 1.33 bits per heavy atom. The highest BCUT2D eigenvalue weighted by Gasteiger charge is 2.98. The Morgan fingerprint density at radius 2 is 1.33 bits per heavy atom. The number of rotatable bonds is 0. The van der Waals surface area contributed by atoms with Gasteiger partial charge in [-0.1, -0.05) is 60.3 Å². The molecule has 0 unspecified atom stereocenters. The lowest BCUT2D eigenvalue weighted by Gasteiger charge is -1.99. The quantitative estimate of drug-likeness (QED) is 0.521. The van der Waals surface area contributed by atoms with E-state index in [1.165, 1.54) is 0 Å². The minimum atomic E-state index is -1.36. The predicted molar refractivity (Wildman–Crippen MR) is 63.6 cm³/mol. The topological polar surface area (TPSA) is 37.3 Å². The Morgan fingerprint density at radius 1 is 1.13 bits per heavy atom. The lowest BCUT2D eigenvalue weighted by Crippen LogP contribution is -1.97. The first-order valence-corrected chi connectivity index (χ1v) is 5.97. The standard InChI is InChI=1S/C7H8Cl4.CHClO2/c1-4(2)3-5(4)6(8,9)7(5,10)11;2-1(3)4/h3H2,1-2H3;(H,3,4). The van der Waals surface area contributed by atoms with E-state index in [0.717, 1.165) is 6.42 Å². The van der Waals surface area contributed by atoms with Crippen molar-refractivity contribution in [2.24, 2.45) is 10.8 Å². The third-order valence-corrected chi connectivity index (χ3v) is 5.95. The predicted octanol–water partition coefficient (Wildman–Crippen LogP) is 4.67. The van der Waals surface area contributed by atoms with Crippen molar-refractivity contribution < 1.29 is 9.90 Å². The molecule has 88 valence electrons. The van der Waals surface area contributed by atoms with E-state index in [2.05, 4.69) is 25.4 Å². The molecule has 0 heterocycles. The minimum absolute atomic E-state index is 0.0972. The fourth-order valence-corrected chi connectivity index (χ4v) is 4.67. The van der Waals surface area contributed by atoms with Gasteiger partial charge in [0, 0.05) is 17.0 Å². The smallest absolute Gasteiger partial charge is 0.401 e. The fourth-order valence-electron chi connectivity index (χ4n) is 2.16. The molecule has 2 saturated carbocycles. The lowest BCUT2D eigenvalue weighted by atomic mass is 10.1. The first kappa shape index (κ1) is 14.0. The van der Waals surface area contributed by atoms with Gasteiger partial charge in [-0.15, -0.1) is 0 Å². The van der Waals surface area contributed by atoms with Crippen molar-refractivity contribution in [3.05, 3.63) is 0 Å². The summed E-state index contributed by atoms with van der Waals surface area (Å²) in [6.07, 6.45) is 0.917. The van der Waals surface area contributed by atoms with Crippen LogP contribution in [-0.2, 0) is 0 Å². The Balaban J connectivity index is 0.000000245. The van der Waals surface area contributed by atoms with Gasteiger partial charge in [-0.2, -0.15) is 0 Å². The van der Waals surface area contributed by atoms with Crippen molar-refractivity contribution >= 4 is 63.4 Å². The molecule has 0 saturated heterocycles. The van der Waals surface area contributed by atoms with E-state index in [0.29, 0.717) is 0 Å². The van der Waals surface area contributed by atoms with Crippen molar-refractivity contribution in [3.8, 4) is 0 Å². The maximum Gasteiger partial charge on any atom is 0.401 e. The number of alkyl halides is 4. The molecule has 2 nitrogen and oxygen atoms in total. The molecule has 0 bridgehead atoms. The Hall–Kier alpha value is 0.920. The Kier molecular flexibility index (Phi) is 3.22. The van der Waals surface area contributed by atoms with Gasteiger partial charge in [-0.3, -0.25) is 0 Å². The molecule has 1 N–H and O–H groups in total. The van der Waals surface area contributed by atoms with Crippen LogP contribution >= 0.6 is 58.0 Å². The van der Waals surface area contributed by atoms with Gasteiger partial charge in [-0.05, 0) is 11.8 Å². The van der Waals surface area contributed by atoms with Crippen LogP contribution in [0.1, 0.15) is 20.3 Å². The summed E-state index contributed by atoms with van der Waals surface area (Å²) in [4.78, 5) is 8.77. The van der Waals surface area contributed by atoms with E-state index in [-0.39, 0.29) is 10.8 Å². The van der Waals surface area contributed by atoms with E-state index in [1.807, 2.05) is 0 Å². The fraction of sp³-hybridized carbons (Fsp3) is 0.875. The van der Waals surface area contributed by atoms with Gasteiger partial charge in [0.25, 0.3) is 0 Å². The minimum Gasteiger partial charge on any atom is -0.469 e. The number of carboxylic acid groups (broad SMARTS) is 1. The average Bonchev–Trinajstić information content (AvgIpc) is 2.62. The van der Waals surface area contributed by atoms with Crippen LogP contribution in [0.2, 0.25) is 0 Å². The van der Waals surface area contributed by atoms with E-state index in [9.17, 15) is 0 Å². The Labute approximate surface area is 113 Å². The van der Waals surface area contributed by atoms with Crippen molar-refractivity contribution in [2.45, 2.75) is 28.9 Å². The number of hydrogen-bond acceptors (Lipinski definition) is 1. The third-order valence-electron chi connectivity index (χ3n) is 3.14. The summed E-state index contributed by atoms with van der Waals surface area (Å²) in [6.45, 7) is 4.16. The Bertz CT molecular complexity index is 292. The first-order chi connectivity index (χ1) is 6.44. The van der Waals surface area contributed by atoms with Gasteiger partial charge >= 0.3 is 5.43 Å². The van der Waals surface area contributed by atoms with Crippen molar-refractivity contribution in [1.29, 1.82) is 0 Å². The van der Waals surface area contributed by atoms with Crippen LogP contribution in [0.15, 0.2) is 0 Å². The van der Waals surface area contributed by atoms with Crippen LogP contribution in [0.5, 0.6) is 0 Å². The number of halogens is 5. The first-order valence-electron chi connectivity index (χ1n) is 4.08. The monoisotopic (exact) mass is 312 g/mol. The van der Waals surface area contributed by atoms with Crippen LogP contribution < -0.4 is 0 Å². The molecule has 2 aliphatic carbocycles. The zero-order chi connectivity index (χ0) is 12.3. The number of hydrogen-bond donors (Lipinski definition) is 1. The zero-order valence-electron chi connectivity index (χ0n) is 7.95. The molecular formula is C8H9Cl5O2. The second-order valence-electron chi connectivity index (χ2n) is 4.37. The largest absolute Gasteiger partial charge is 0.469 e. The highest BCUT2D eigenvalue weighted by Crippen LogP contribution is 2.94. The normalized spacial score (nSPS) is 30.1. The highest BCUT2D eigenvalue weighted by molar-refractivity contribution is 6.69. The lowest BCUT2D eigenvalue weighted by molar-refractivity contribution is 0.220. The molecule has 2 rings (SSSR count). The van der Waals surface area contributed by atoms with Gasteiger partial charge < -0.3 is 5.11 Å². The van der Waals surface area contributed by atoms with Crippen LogP contribution in [0.3, 0.4) is 0 Å². The van der Waals surface area contributed by atoms with Gasteiger partial charge in [0.1, 0.15) is 0 Å². The second kappa shape index (κ2) is 3.46. The van der Waals surface area contributed by atoms with Crippen molar-refractivity contribution in [1.82, 2.24) is 0 Å². The molecule has 2 fully saturated rings. The summed E-state index contributed by atoms with van der Waals surface area (Å²) in [7, 11) is 0. The van der Waals surface area contributed by atoms with E-state index in [4.69, 9.17) is 56.3 Å². The van der Waals surface area contributed by atoms with Gasteiger partial charge in [-0.25, -0.2) is 4.79 Å². The molecule has 0 aliphatic heterocycles. The summed E-state index contributed by atoms with van der Waals surface area (Å²) in [5, 5.41) is 7.18. The molecule has 0 aromatic heterocycles. The summed E-state index contributed by atoms with van der Waals surface area (Å²) in [5.41, 5.74) is -1.51. The van der Waals surface area contributed by atoms with Crippen molar-refractivity contribution in [2.75, 3.05) is 0 Å². The maximum absolute atomic E-state index is 8.77. The van der Waals surface area contributed by atoms with E-state index < -0.39 is 14.1 Å². The van der Waals surface area contributed by atoms with E-state index in [1.54, 1.807) is 0 Å². The SMILES string of the molecule is CC1(C)CC12C(Cl)(Cl)C2(Cl)Cl.O=C(O)Cl. The van der Waals surface area contributed by atoms with Gasteiger partial charge in [0.05, 0.1) is 0 Å². The van der Waals surface area contributed by atoms with Gasteiger partial charge in [0.15, 0.2) is 8.67 Å². The molecular weight excluding hydrogens is 305 g/mol. The molecule has 0 aromatic carbocycles. The molecule has 0 amide bonds. The molecule has 1 spiro atoms. The molecule has 0 aromatic rings. The molecule has 2 aliphatic rings. The number of carbonyl (C=O) groups is 1. The third kappa shape index (κ3) is 1.64. The maximum atomic E-state index is 8.77. The molecule has 0 radical (unpaired) electrons. The van der Waals surface area contributed by atoms with E-state index >= 15 is 0 Å². The molecule has 15 heavy (non-hydrogen) atoms. The highest BCUT2D eigenvalue weighted by atomic mass is 35.5. The van der Waals surface area contributed by atoms with Gasteiger partial charge in [0.2, 0.25) is 0 Å². The van der Waals surface area contributed by atoms with Crippen LogP contribution in [-0.4, -0.2) is 19.2 Å². The summed E-state index contributed by atoms with van der Waals surface area (Å²) >= 11 is 28.1. The van der Waals surface area contributed by atoms with Crippen LogP contribution in [0.25, 0.3) is 0 Å². The van der Waals surface area contributed by atoms with Crippen molar-refractivity contribution in [3.63, 3.8) is 0 Å². The second-order valence-corrected chi connectivity index (χ2v) is 7.35. The zero-order valence-corrected chi connectivity index (χ0v) is 11.7. The molecule has 0 atom stereocenters. The molecule has 7 heteroatoms. The summed E-state index contributed by atoms with van der Waals surface area (Å²) in [5.74, 6) is 0. The summed E-state index contributed by atoms with van der Waals surface area (Å²) in [6, 6.07) is 0.